The highest BCUT2D eigenvalue weighted by Crippen LogP contribution is 2.38. The Labute approximate surface area is 140 Å². The van der Waals surface area contributed by atoms with Gasteiger partial charge in [0.15, 0.2) is 0 Å². The van der Waals surface area contributed by atoms with Gasteiger partial charge in [-0.3, -0.25) is 4.79 Å². The van der Waals surface area contributed by atoms with Gasteiger partial charge in [-0.15, -0.1) is 0 Å². The number of ether oxygens (including phenoxy) is 1. The first-order valence-corrected chi connectivity index (χ1v) is 9.08. The summed E-state index contributed by atoms with van der Waals surface area (Å²) in [5.74, 6) is -1.52. The van der Waals surface area contributed by atoms with Crippen molar-refractivity contribution in [3.63, 3.8) is 0 Å². The van der Waals surface area contributed by atoms with Crippen LogP contribution in [-0.4, -0.2) is 29.5 Å². The third kappa shape index (κ3) is 6.84. The van der Waals surface area contributed by atoms with Crippen LogP contribution in [-0.2, 0) is 18.6 Å². The van der Waals surface area contributed by atoms with Crippen LogP contribution >= 0.6 is 8.69 Å². The molecular weight excluding hydrogens is 317 g/mol. The second-order valence-corrected chi connectivity index (χ2v) is 7.85. The van der Waals surface area contributed by atoms with Gasteiger partial charge >= 0.3 is 14.7 Å². The zero-order valence-electron chi connectivity index (χ0n) is 14.4. The fraction of sp³-hybridized carbons (Fsp3) is 0.938. The Balaban J connectivity index is 2.96. The summed E-state index contributed by atoms with van der Waals surface area (Å²) in [6, 6.07) is 0. The number of carbonyl (C=O) groups excluding carboxylic acids is 1. The highest BCUT2D eigenvalue weighted by molar-refractivity contribution is 7.17. The zero-order chi connectivity index (χ0) is 17.5. The SMILES string of the molecule is CC(C)(C)C(=O)OC(CC1CCCCC1)(C[C@@H](O)CN)OP=O. The third-order valence-corrected chi connectivity index (χ3v) is 4.65. The molecule has 1 aliphatic rings. The molecule has 0 aromatic heterocycles. The molecule has 134 valence electrons. The van der Waals surface area contributed by atoms with Crippen LogP contribution in [0, 0.1) is 11.3 Å². The quantitative estimate of drug-likeness (QED) is 0.397. The normalized spacial score (nSPS) is 20.9. The lowest BCUT2D eigenvalue weighted by atomic mass is 9.83. The molecule has 0 aromatic carbocycles. The summed E-state index contributed by atoms with van der Waals surface area (Å²) in [7, 11) is -0.571. The first-order valence-electron chi connectivity index (χ1n) is 8.35. The van der Waals surface area contributed by atoms with Crippen molar-refractivity contribution in [3.8, 4) is 0 Å². The minimum absolute atomic E-state index is 0.0249. The molecule has 0 heterocycles. The van der Waals surface area contributed by atoms with Crippen LogP contribution in [0.15, 0.2) is 0 Å². The fourth-order valence-electron chi connectivity index (χ4n) is 2.92. The number of rotatable bonds is 8. The van der Waals surface area contributed by atoms with Crippen molar-refractivity contribution in [1.29, 1.82) is 0 Å². The molecule has 23 heavy (non-hydrogen) atoms. The topological polar surface area (TPSA) is 98.8 Å². The van der Waals surface area contributed by atoms with Gasteiger partial charge in [-0.05, 0) is 26.7 Å². The van der Waals surface area contributed by atoms with Gasteiger partial charge < -0.3 is 15.6 Å². The first-order chi connectivity index (χ1) is 10.7. The van der Waals surface area contributed by atoms with Crippen LogP contribution in [0.25, 0.3) is 0 Å². The number of aliphatic hydroxyl groups is 1. The summed E-state index contributed by atoms with van der Waals surface area (Å²) in [5, 5.41) is 9.96. The van der Waals surface area contributed by atoms with Crippen molar-refractivity contribution in [1.82, 2.24) is 0 Å². The maximum absolute atomic E-state index is 12.3. The molecule has 3 N–H and O–H groups in total. The standard InChI is InChI=1S/C16H30NO5P/c1-15(2,3)14(19)21-16(22-23-20,10-13(18)11-17)9-12-7-5-4-6-8-12/h12-13,18H,4-11,17H2,1-3H3/t13-,16?/m1/s1. The van der Waals surface area contributed by atoms with E-state index in [0.717, 1.165) is 25.7 Å². The van der Waals surface area contributed by atoms with Gasteiger partial charge in [0, 0.05) is 19.4 Å². The van der Waals surface area contributed by atoms with Gasteiger partial charge in [0.05, 0.1) is 11.5 Å². The lowest BCUT2D eigenvalue weighted by Gasteiger charge is -2.37. The molecule has 1 aliphatic carbocycles. The number of esters is 1. The summed E-state index contributed by atoms with van der Waals surface area (Å²) in [6.45, 7) is 5.26. The molecule has 7 heteroatoms. The summed E-state index contributed by atoms with van der Waals surface area (Å²) in [4.78, 5) is 12.3. The third-order valence-electron chi connectivity index (χ3n) is 4.24. The molecular formula is C16H30NO5P. The Kier molecular flexibility index (Phi) is 8.08. The minimum Gasteiger partial charge on any atom is -0.432 e. The van der Waals surface area contributed by atoms with Gasteiger partial charge in [-0.2, -0.15) is 0 Å². The first kappa shape index (κ1) is 20.5. The van der Waals surface area contributed by atoms with E-state index in [2.05, 4.69) is 0 Å². The predicted octanol–water partition coefficient (Wildman–Crippen LogP) is 3.18. The molecule has 6 nitrogen and oxygen atoms in total. The van der Waals surface area contributed by atoms with E-state index >= 15 is 0 Å². The average molecular weight is 347 g/mol. The van der Waals surface area contributed by atoms with Gasteiger partial charge in [0.2, 0.25) is 5.79 Å². The van der Waals surface area contributed by atoms with Crippen molar-refractivity contribution in [2.75, 3.05) is 6.54 Å². The highest BCUT2D eigenvalue weighted by Gasteiger charge is 2.43. The molecule has 0 amide bonds. The van der Waals surface area contributed by atoms with Crippen molar-refractivity contribution in [3.05, 3.63) is 0 Å². The van der Waals surface area contributed by atoms with Crippen molar-refractivity contribution in [2.24, 2.45) is 17.1 Å². The molecule has 0 spiro atoms. The molecule has 1 saturated carbocycles. The molecule has 0 aromatic rings. The van der Waals surface area contributed by atoms with E-state index in [1.54, 1.807) is 20.8 Å². The monoisotopic (exact) mass is 347 g/mol. The van der Waals surface area contributed by atoms with E-state index in [1.807, 2.05) is 0 Å². The van der Waals surface area contributed by atoms with E-state index < -0.39 is 32.0 Å². The van der Waals surface area contributed by atoms with Crippen LogP contribution in [0.5, 0.6) is 0 Å². The van der Waals surface area contributed by atoms with Gasteiger partial charge in [-0.1, -0.05) is 32.1 Å². The van der Waals surface area contributed by atoms with Crippen molar-refractivity contribution < 1.29 is 23.7 Å². The summed E-state index contributed by atoms with van der Waals surface area (Å²) < 4.78 is 22.1. The Morgan fingerprint density at radius 1 is 1.30 bits per heavy atom. The van der Waals surface area contributed by atoms with Crippen LogP contribution < -0.4 is 5.73 Å². The number of aliphatic hydroxyl groups excluding tert-OH is 1. The van der Waals surface area contributed by atoms with Crippen LogP contribution in [0.4, 0.5) is 0 Å². The zero-order valence-corrected chi connectivity index (χ0v) is 15.3. The number of hydrogen-bond acceptors (Lipinski definition) is 6. The summed E-state index contributed by atoms with van der Waals surface area (Å²) in [5.41, 5.74) is 4.79. The minimum atomic E-state index is -1.39. The van der Waals surface area contributed by atoms with Gasteiger partial charge in [-0.25, -0.2) is 9.09 Å². The van der Waals surface area contributed by atoms with E-state index in [4.69, 9.17) is 15.0 Å². The van der Waals surface area contributed by atoms with Crippen LogP contribution in [0.2, 0.25) is 0 Å². The predicted molar refractivity (Wildman–Crippen MR) is 87.8 cm³/mol. The van der Waals surface area contributed by atoms with Gasteiger partial charge in [0.1, 0.15) is 0 Å². The molecule has 0 saturated heterocycles. The Hall–Kier alpha value is -0.550. The maximum atomic E-state index is 12.3. The fourth-order valence-corrected chi connectivity index (χ4v) is 3.25. The molecule has 1 rings (SSSR count). The largest absolute Gasteiger partial charge is 0.432 e. The molecule has 0 bridgehead atoms. The molecule has 1 fully saturated rings. The average Bonchev–Trinajstić information content (AvgIpc) is 2.47. The Morgan fingerprint density at radius 2 is 1.91 bits per heavy atom. The molecule has 0 radical (unpaired) electrons. The van der Waals surface area contributed by atoms with Crippen LogP contribution in [0.3, 0.4) is 0 Å². The van der Waals surface area contributed by atoms with Crippen LogP contribution in [0.1, 0.15) is 65.7 Å². The number of nitrogens with two attached hydrogens (primary N) is 1. The Morgan fingerprint density at radius 3 is 2.39 bits per heavy atom. The smallest absolute Gasteiger partial charge is 0.330 e. The lowest BCUT2D eigenvalue weighted by molar-refractivity contribution is -0.219. The lowest BCUT2D eigenvalue weighted by Crippen LogP contribution is -2.45. The number of carbonyl (C=O) groups is 1. The van der Waals surface area contributed by atoms with Gasteiger partial charge in [0.25, 0.3) is 0 Å². The van der Waals surface area contributed by atoms with E-state index in [-0.39, 0.29) is 13.0 Å². The van der Waals surface area contributed by atoms with E-state index in [0.29, 0.717) is 12.3 Å². The summed E-state index contributed by atoms with van der Waals surface area (Å²) >= 11 is 0. The molecule has 1 unspecified atom stereocenters. The van der Waals surface area contributed by atoms with E-state index in [1.165, 1.54) is 6.42 Å². The Bertz CT molecular complexity index is 392. The molecule has 2 atom stereocenters. The summed E-state index contributed by atoms with van der Waals surface area (Å²) in [6.07, 6.45) is 5.08. The second-order valence-electron chi connectivity index (χ2n) is 7.52. The molecule has 0 aliphatic heterocycles. The highest BCUT2D eigenvalue weighted by atomic mass is 31.1. The second kappa shape index (κ2) is 9.07. The maximum Gasteiger partial charge on any atom is 0.330 e. The van der Waals surface area contributed by atoms with E-state index in [9.17, 15) is 14.5 Å². The number of hydrogen-bond donors (Lipinski definition) is 2. The van der Waals surface area contributed by atoms with Crippen molar-refractivity contribution in [2.45, 2.75) is 77.6 Å². The van der Waals surface area contributed by atoms with Crippen molar-refractivity contribution >= 4 is 14.7 Å².